The van der Waals surface area contributed by atoms with E-state index < -0.39 is 0 Å². The lowest BCUT2D eigenvalue weighted by molar-refractivity contribution is -0.718. The number of nitrogens with one attached hydrogen (secondary N) is 1. The molecule has 0 aromatic rings. The summed E-state index contributed by atoms with van der Waals surface area (Å²) in [7, 11) is 0. The minimum absolute atomic E-state index is 0.0128. The van der Waals surface area contributed by atoms with Crippen LogP contribution in [0.15, 0.2) is 0 Å². The standard InChI is InChI=1S/C12H20N2O3/c1-2-17-11(15)7-10-12(16)14-9-6-4-3-5-8(9)13-10/h8-10,13H,2-7H2,1H3,(H,14,16)/p+1/t8-,9+,10+/m1/s1. The topological polar surface area (TPSA) is 72.0 Å². The van der Waals surface area contributed by atoms with Crippen LogP contribution < -0.4 is 10.6 Å². The van der Waals surface area contributed by atoms with Crippen LogP contribution in [0.1, 0.15) is 39.0 Å². The van der Waals surface area contributed by atoms with Crippen molar-refractivity contribution >= 4 is 11.9 Å². The SMILES string of the molecule is CCOC(=O)C[C@@H]1[NH2+][C@@H]2CCCC[C@@H]2NC1=O. The number of hydrogen-bond donors (Lipinski definition) is 2. The Bertz CT molecular complexity index is 306. The first-order chi connectivity index (χ1) is 8.20. The van der Waals surface area contributed by atoms with Gasteiger partial charge in [-0.05, 0) is 19.8 Å². The van der Waals surface area contributed by atoms with E-state index in [1.807, 2.05) is 0 Å². The van der Waals surface area contributed by atoms with Gasteiger partial charge in [0.25, 0.3) is 5.91 Å². The fourth-order valence-corrected chi connectivity index (χ4v) is 2.80. The second-order valence-corrected chi connectivity index (χ2v) is 4.87. The molecule has 1 saturated heterocycles. The lowest BCUT2D eigenvalue weighted by atomic mass is 9.87. The van der Waals surface area contributed by atoms with E-state index in [2.05, 4.69) is 10.6 Å². The van der Waals surface area contributed by atoms with Gasteiger partial charge in [-0.2, -0.15) is 0 Å². The summed E-state index contributed by atoms with van der Waals surface area (Å²) >= 11 is 0. The Morgan fingerprint density at radius 3 is 3.00 bits per heavy atom. The smallest absolute Gasteiger partial charge is 0.312 e. The van der Waals surface area contributed by atoms with Crippen molar-refractivity contribution in [1.82, 2.24) is 5.32 Å². The van der Waals surface area contributed by atoms with Gasteiger partial charge in [0.05, 0.1) is 12.6 Å². The van der Waals surface area contributed by atoms with Crippen molar-refractivity contribution in [2.24, 2.45) is 0 Å². The number of carbonyl (C=O) groups is 2. The van der Waals surface area contributed by atoms with E-state index in [0.29, 0.717) is 18.7 Å². The Hall–Kier alpha value is -1.10. The van der Waals surface area contributed by atoms with Crippen molar-refractivity contribution in [3.05, 3.63) is 0 Å². The monoisotopic (exact) mass is 241 g/mol. The zero-order valence-corrected chi connectivity index (χ0v) is 10.3. The molecule has 0 aromatic heterocycles. The first kappa shape index (κ1) is 12.4. The third kappa shape index (κ3) is 2.97. The molecular weight excluding hydrogens is 220 g/mol. The predicted octanol–water partition coefficient (Wildman–Crippen LogP) is -0.687. The molecule has 96 valence electrons. The van der Waals surface area contributed by atoms with Gasteiger partial charge in [-0.15, -0.1) is 0 Å². The number of hydrogen-bond acceptors (Lipinski definition) is 3. The Morgan fingerprint density at radius 1 is 1.47 bits per heavy atom. The van der Waals surface area contributed by atoms with Gasteiger partial charge in [0, 0.05) is 6.42 Å². The predicted molar refractivity (Wildman–Crippen MR) is 61.2 cm³/mol. The number of carbonyl (C=O) groups excluding carboxylic acids is 2. The van der Waals surface area contributed by atoms with Crippen LogP contribution in [0.5, 0.6) is 0 Å². The molecule has 17 heavy (non-hydrogen) atoms. The van der Waals surface area contributed by atoms with E-state index in [9.17, 15) is 9.59 Å². The lowest BCUT2D eigenvalue weighted by Crippen LogP contribution is -3.03. The maximum atomic E-state index is 11.8. The molecule has 0 aromatic carbocycles. The highest BCUT2D eigenvalue weighted by atomic mass is 16.5. The molecule has 3 atom stereocenters. The van der Waals surface area contributed by atoms with Gasteiger partial charge in [0.2, 0.25) is 0 Å². The Morgan fingerprint density at radius 2 is 2.24 bits per heavy atom. The van der Waals surface area contributed by atoms with Crippen LogP contribution in [-0.2, 0) is 14.3 Å². The fourth-order valence-electron chi connectivity index (χ4n) is 2.80. The van der Waals surface area contributed by atoms with Crippen molar-refractivity contribution in [2.45, 2.75) is 57.2 Å². The molecular formula is C12H21N2O3+. The minimum Gasteiger partial charge on any atom is -0.466 e. The number of rotatable bonds is 3. The Labute approximate surface area is 101 Å². The molecule has 1 aliphatic carbocycles. The molecule has 3 N–H and O–H groups in total. The molecule has 0 bridgehead atoms. The van der Waals surface area contributed by atoms with E-state index in [1.54, 1.807) is 6.92 Å². The third-order valence-corrected chi connectivity index (χ3v) is 3.66. The Balaban J connectivity index is 1.90. The summed E-state index contributed by atoms with van der Waals surface area (Å²) < 4.78 is 4.89. The number of amides is 1. The van der Waals surface area contributed by atoms with Crippen molar-refractivity contribution in [1.29, 1.82) is 0 Å². The maximum Gasteiger partial charge on any atom is 0.312 e. The first-order valence-corrected chi connectivity index (χ1v) is 6.51. The Kier molecular flexibility index (Phi) is 3.99. The molecule has 1 amide bonds. The van der Waals surface area contributed by atoms with Crippen LogP contribution in [0, 0.1) is 0 Å². The summed E-state index contributed by atoms with van der Waals surface area (Å²) in [6, 6.07) is 0.448. The molecule has 2 aliphatic rings. The van der Waals surface area contributed by atoms with Gasteiger partial charge in [-0.1, -0.05) is 6.42 Å². The first-order valence-electron chi connectivity index (χ1n) is 6.51. The van der Waals surface area contributed by atoms with Crippen molar-refractivity contribution in [3.8, 4) is 0 Å². The largest absolute Gasteiger partial charge is 0.466 e. The highest BCUT2D eigenvalue weighted by Gasteiger charge is 2.40. The molecule has 0 spiro atoms. The molecule has 2 fully saturated rings. The highest BCUT2D eigenvalue weighted by Crippen LogP contribution is 2.18. The maximum absolute atomic E-state index is 11.8. The van der Waals surface area contributed by atoms with E-state index in [1.165, 1.54) is 12.8 Å². The van der Waals surface area contributed by atoms with Crippen LogP contribution in [-0.4, -0.2) is 36.6 Å². The van der Waals surface area contributed by atoms with Crippen LogP contribution >= 0.6 is 0 Å². The molecule has 0 unspecified atom stereocenters. The number of piperazine rings is 1. The van der Waals surface area contributed by atoms with E-state index >= 15 is 0 Å². The quantitative estimate of drug-likeness (QED) is 0.643. The van der Waals surface area contributed by atoms with Crippen molar-refractivity contribution in [3.63, 3.8) is 0 Å². The van der Waals surface area contributed by atoms with Gasteiger partial charge in [-0.25, -0.2) is 0 Å². The second-order valence-electron chi connectivity index (χ2n) is 4.87. The summed E-state index contributed by atoms with van der Waals surface area (Å²) in [5.74, 6) is -0.292. The summed E-state index contributed by atoms with van der Waals surface area (Å²) in [5, 5.41) is 5.11. The normalized spacial score (nSPS) is 32.5. The van der Waals surface area contributed by atoms with Crippen LogP contribution in [0.2, 0.25) is 0 Å². The zero-order chi connectivity index (χ0) is 12.3. The van der Waals surface area contributed by atoms with Gasteiger partial charge >= 0.3 is 5.97 Å². The molecule has 1 heterocycles. The molecule has 0 radical (unpaired) electrons. The molecule has 5 heteroatoms. The lowest BCUT2D eigenvalue weighted by Gasteiger charge is -2.37. The van der Waals surface area contributed by atoms with Gasteiger partial charge in [-0.3, -0.25) is 9.59 Å². The molecule has 1 aliphatic heterocycles. The number of quaternary nitrogens is 1. The zero-order valence-electron chi connectivity index (χ0n) is 10.3. The van der Waals surface area contributed by atoms with Crippen LogP contribution in [0.25, 0.3) is 0 Å². The molecule has 1 saturated carbocycles. The van der Waals surface area contributed by atoms with Gasteiger partial charge in [0.1, 0.15) is 12.5 Å². The van der Waals surface area contributed by atoms with E-state index in [4.69, 9.17) is 4.74 Å². The number of ether oxygens (including phenoxy) is 1. The van der Waals surface area contributed by atoms with Crippen molar-refractivity contribution in [2.75, 3.05) is 6.61 Å². The fraction of sp³-hybridized carbons (Fsp3) is 0.833. The number of nitrogens with two attached hydrogens (primary N) is 1. The summed E-state index contributed by atoms with van der Waals surface area (Å²) in [6.07, 6.45) is 4.80. The van der Waals surface area contributed by atoms with E-state index in [0.717, 1.165) is 12.8 Å². The minimum atomic E-state index is -0.298. The van der Waals surface area contributed by atoms with E-state index in [-0.39, 0.29) is 24.3 Å². The number of fused-ring (bicyclic) bond motifs is 1. The summed E-state index contributed by atoms with van der Waals surface area (Å²) in [5.41, 5.74) is 0. The average molecular weight is 241 g/mol. The average Bonchev–Trinajstić information content (AvgIpc) is 2.30. The molecule has 5 nitrogen and oxygen atoms in total. The summed E-state index contributed by atoms with van der Waals surface area (Å²) in [4.78, 5) is 23.2. The van der Waals surface area contributed by atoms with Crippen LogP contribution in [0.4, 0.5) is 0 Å². The van der Waals surface area contributed by atoms with Crippen molar-refractivity contribution < 1.29 is 19.6 Å². The highest BCUT2D eigenvalue weighted by molar-refractivity contribution is 5.85. The van der Waals surface area contributed by atoms with Gasteiger partial charge in [0.15, 0.2) is 6.04 Å². The third-order valence-electron chi connectivity index (χ3n) is 3.66. The molecule has 2 rings (SSSR count). The summed E-state index contributed by atoms with van der Waals surface area (Å²) in [6.45, 7) is 2.15. The number of esters is 1. The second kappa shape index (κ2) is 5.49. The van der Waals surface area contributed by atoms with Gasteiger partial charge < -0.3 is 15.4 Å². The van der Waals surface area contributed by atoms with Crippen LogP contribution in [0.3, 0.4) is 0 Å².